The van der Waals surface area contributed by atoms with Crippen LogP contribution in [0.4, 0.5) is 16.3 Å². The standard InChI is InChI=1S/C14H10BrN3O4/c15-10-7-9-5-6-17(13(9)16-8-10)14(19)22-12-3-1-11(2-4-12)18(20)21/h1-4,7-8H,5-6H2. The molecule has 0 radical (unpaired) electrons. The van der Waals surface area contributed by atoms with Crippen molar-refractivity contribution in [3.8, 4) is 5.75 Å². The molecule has 0 fully saturated rings. The summed E-state index contributed by atoms with van der Waals surface area (Å²) in [5.41, 5.74) is 0.910. The van der Waals surface area contributed by atoms with Gasteiger partial charge >= 0.3 is 6.09 Å². The van der Waals surface area contributed by atoms with E-state index in [1.807, 2.05) is 6.07 Å². The molecule has 0 unspecified atom stereocenters. The summed E-state index contributed by atoms with van der Waals surface area (Å²) >= 11 is 3.34. The summed E-state index contributed by atoms with van der Waals surface area (Å²) in [6.07, 6.45) is 1.77. The summed E-state index contributed by atoms with van der Waals surface area (Å²) in [5.74, 6) is 0.830. The number of amides is 1. The van der Waals surface area contributed by atoms with Crippen LogP contribution in [0.5, 0.6) is 5.75 Å². The van der Waals surface area contributed by atoms with Crippen LogP contribution in [0.3, 0.4) is 0 Å². The predicted octanol–water partition coefficient (Wildman–Crippen LogP) is 3.31. The van der Waals surface area contributed by atoms with Crippen molar-refractivity contribution in [3.05, 3.63) is 56.7 Å². The fourth-order valence-corrected chi connectivity index (χ4v) is 2.59. The van der Waals surface area contributed by atoms with Crippen LogP contribution in [0.1, 0.15) is 5.56 Å². The van der Waals surface area contributed by atoms with Crippen LogP contribution in [-0.2, 0) is 6.42 Å². The molecule has 0 atom stereocenters. The number of benzene rings is 1. The molecule has 22 heavy (non-hydrogen) atoms. The first kappa shape index (κ1) is 14.5. The Labute approximate surface area is 133 Å². The van der Waals surface area contributed by atoms with Gasteiger partial charge in [0.2, 0.25) is 0 Å². The van der Waals surface area contributed by atoms with E-state index in [-0.39, 0.29) is 11.4 Å². The highest BCUT2D eigenvalue weighted by Crippen LogP contribution is 2.29. The van der Waals surface area contributed by atoms with Gasteiger partial charge in [-0.1, -0.05) is 0 Å². The van der Waals surface area contributed by atoms with Crippen LogP contribution in [0.25, 0.3) is 0 Å². The summed E-state index contributed by atoms with van der Waals surface area (Å²) in [7, 11) is 0. The Hall–Kier alpha value is -2.48. The average Bonchev–Trinajstić information content (AvgIpc) is 2.90. The lowest BCUT2D eigenvalue weighted by Gasteiger charge is -2.15. The fourth-order valence-electron chi connectivity index (χ4n) is 2.21. The van der Waals surface area contributed by atoms with E-state index in [1.165, 1.54) is 29.2 Å². The van der Waals surface area contributed by atoms with Gasteiger partial charge in [0.25, 0.3) is 5.69 Å². The quantitative estimate of drug-likeness (QED) is 0.603. The lowest BCUT2D eigenvalue weighted by Crippen LogP contribution is -2.32. The number of ether oxygens (including phenoxy) is 1. The zero-order valence-electron chi connectivity index (χ0n) is 11.2. The Kier molecular flexibility index (Phi) is 3.76. The monoisotopic (exact) mass is 363 g/mol. The van der Waals surface area contributed by atoms with E-state index in [4.69, 9.17) is 4.74 Å². The third-order valence-electron chi connectivity index (χ3n) is 3.24. The Morgan fingerprint density at radius 2 is 2.09 bits per heavy atom. The molecule has 2 heterocycles. The van der Waals surface area contributed by atoms with E-state index in [9.17, 15) is 14.9 Å². The van der Waals surface area contributed by atoms with Crippen molar-refractivity contribution in [2.75, 3.05) is 11.4 Å². The van der Waals surface area contributed by atoms with Gasteiger partial charge in [0.1, 0.15) is 11.6 Å². The van der Waals surface area contributed by atoms with Crippen LogP contribution in [-0.4, -0.2) is 22.5 Å². The Morgan fingerprint density at radius 3 is 2.77 bits per heavy atom. The van der Waals surface area contributed by atoms with Crippen molar-refractivity contribution in [1.82, 2.24) is 4.98 Å². The number of hydrogen-bond acceptors (Lipinski definition) is 5. The maximum absolute atomic E-state index is 12.2. The zero-order chi connectivity index (χ0) is 15.7. The van der Waals surface area contributed by atoms with Gasteiger partial charge < -0.3 is 4.74 Å². The predicted molar refractivity (Wildman–Crippen MR) is 82.1 cm³/mol. The molecular weight excluding hydrogens is 354 g/mol. The third-order valence-corrected chi connectivity index (χ3v) is 3.68. The number of non-ortho nitro benzene ring substituents is 1. The van der Waals surface area contributed by atoms with Gasteiger partial charge in [-0.15, -0.1) is 0 Å². The SMILES string of the molecule is O=C(Oc1ccc([N+](=O)[O-])cc1)N1CCc2cc(Br)cnc21. The van der Waals surface area contributed by atoms with Crippen LogP contribution < -0.4 is 9.64 Å². The molecule has 0 saturated carbocycles. The number of pyridine rings is 1. The van der Waals surface area contributed by atoms with Crippen molar-refractivity contribution in [1.29, 1.82) is 0 Å². The molecule has 0 spiro atoms. The van der Waals surface area contributed by atoms with E-state index in [0.29, 0.717) is 18.8 Å². The smallest absolute Gasteiger partial charge is 0.410 e. The maximum Gasteiger partial charge on any atom is 0.420 e. The number of anilines is 1. The molecule has 1 amide bonds. The van der Waals surface area contributed by atoms with Gasteiger partial charge in [-0.05, 0) is 46.1 Å². The summed E-state index contributed by atoms with van der Waals surface area (Å²) < 4.78 is 6.09. The number of fused-ring (bicyclic) bond motifs is 1. The highest BCUT2D eigenvalue weighted by Gasteiger charge is 2.27. The van der Waals surface area contributed by atoms with E-state index in [1.54, 1.807) is 6.20 Å². The number of aromatic nitrogens is 1. The number of nitro benzene ring substituents is 1. The Bertz CT molecular complexity index is 748. The molecule has 0 saturated heterocycles. The number of halogens is 1. The van der Waals surface area contributed by atoms with Crippen molar-refractivity contribution >= 4 is 33.5 Å². The maximum atomic E-state index is 12.2. The topological polar surface area (TPSA) is 85.6 Å². The molecular formula is C14H10BrN3O4. The molecule has 2 aromatic rings. The number of hydrogen-bond donors (Lipinski definition) is 0. The van der Waals surface area contributed by atoms with Crippen LogP contribution >= 0.6 is 15.9 Å². The van der Waals surface area contributed by atoms with Gasteiger partial charge in [0.05, 0.1) is 4.92 Å². The Balaban J connectivity index is 1.75. The first-order valence-electron chi connectivity index (χ1n) is 6.43. The minimum absolute atomic E-state index is 0.0576. The number of carbonyl (C=O) groups excluding carboxylic acids is 1. The van der Waals surface area contributed by atoms with Gasteiger partial charge in [0, 0.05) is 29.3 Å². The molecule has 1 aliphatic rings. The molecule has 0 N–H and O–H groups in total. The van der Waals surface area contributed by atoms with E-state index >= 15 is 0 Å². The van der Waals surface area contributed by atoms with E-state index in [0.717, 1.165) is 10.0 Å². The second kappa shape index (κ2) is 5.72. The number of rotatable bonds is 2. The zero-order valence-corrected chi connectivity index (χ0v) is 12.8. The van der Waals surface area contributed by atoms with Crippen molar-refractivity contribution in [2.45, 2.75) is 6.42 Å². The highest BCUT2D eigenvalue weighted by molar-refractivity contribution is 9.10. The average molecular weight is 364 g/mol. The molecule has 1 aromatic heterocycles. The summed E-state index contributed by atoms with van der Waals surface area (Å²) in [5, 5.41) is 10.6. The third kappa shape index (κ3) is 2.77. The van der Waals surface area contributed by atoms with Crippen molar-refractivity contribution in [3.63, 3.8) is 0 Å². The van der Waals surface area contributed by atoms with Gasteiger partial charge in [-0.3, -0.25) is 15.0 Å². The minimum atomic E-state index is -0.553. The second-order valence-corrected chi connectivity index (χ2v) is 5.57. The van der Waals surface area contributed by atoms with Crippen LogP contribution in [0.15, 0.2) is 41.0 Å². The summed E-state index contributed by atoms with van der Waals surface area (Å²) in [6.45, 7) is 0.491. The minimum Gasteiger partial charge on any atom is -0.410 e. The van der Waals surface area contributed by atoms with Crippen molar-refractivity contribution < 1.29 is 14.5 Å². The lowest BCUT2D eigenvalue weighted by molar-refractivity contribution is -0.384. The molecule has 0 bridgehead atoms. The molecule has 1 aromatic carbocycles. The number of nitrogens with zero attached hydrogens (tertiary/aromatic N) is 3. The largest absolute Gasteiger partial charge is 0.420 e. The summed E-state index contributed by atoms with van der Waals surface area (Å²) in [4.78, 5) is 28.0. The number of nitro groups is 1. The second-order valence-electron chi connectivity index (χ2n) is 4.66. The first-order valence-corrected chi connectivity index (χ1v) is 7.22. The molecule has 1 aliphatic heterocycles. The van der Waals surface area contributed by atoms with E-state index in [2.05, 4.69) is 20.9 Å². The number of carbonyl (C=O) groups is 1. The fraction of sp³-hybridized carbons (Fsp3) is 0.143. The molecule has 0 aliphatic carbocycles. The lowest BCUT2D eigenvalue weighted by atomic mass is 10.2. The van der Waals surface area contributed by atoms with Gasteiger partial charge in [-0.25, -0.2) is 9.78 Å². The molecule has 3 rings (SSSR count). The molecule has 7 nitrogen and oxygen atoms in total. The summed E-state index contributed by atoms with van der Waals surface area (Å²) in [6, 6.07) is 7.28. The highest BCUT2D eigenvalue weighted by atomic mass is 79.9. The molecule has 8 heteroatoms. The van der Waals surface area contributed by atoms with Gasteiger partial charge in [-0.2, -0.15) is 0 Å². The van der Waals surface area contributed by atoms with Gasteiger partial charge in [0.15, 0.2) is 0 Å². The van der Waals surface area contributed by atoms with Crippen LogP contribution in [0, 0.1) is 10.1 Å². The van der Waals surface area contributed by atoms with Crippen LogP contribution in [0.2, 0.25) is 0 Å². The Morgan fingerprint density at radius 1 is 1.36 bits per heavy atom. The normalized spacial score (nSPS) is 12.9. The first-order chi connectivity index (χ1) is 10.5. The van der Waals surface area contributed by atoms with Crippen molar-refractivity contribution in [2.24, 2.45) is 0 Å². The van der Waals surface area contributed by atoms with E-state index < -0.39 is 11.0 Å². The molecule has 112 valence electrons.